The van der Waals surface area contributed by atoms with Crippen LogP contribution in [0.4, 0.5) is 0 Å². The molecule has 0 radical (unpaired) electrons. The lowest BCUT2D eigenvalue weighted by Gasteiger charge is -2.13. The molecule has 28 heavy (non-hydrogen) atoms. The molecule has 6 nitrogen and oxygen atoms in total. The van der Waals surface area contributed by atoms with E-state index in [1.54, 1.807) is 18.3 Å². The number of aryl methyl sites for hydroxylation is 1. The van der Waals surface area contributed by atoms with Gasteiger partial charge in [-0.3, -0.25) is 9.59 Å². The van der Waals surface area contributed by atoms with Crippen molar-refractivity contribution in [3.05, 3.63) is 69.7 Å². The molecule has 1 atom stereocenters. The average Bonchev–Trinajstić information content (AvgIpc) is 3.30. The first-order valence-corrected chi connectivity index (χ1v) is 9.93. The van der Waals surface area contributed by atoms with Crippen LogP contribution in [0.5, 0.6) is 0 Å². The third kappa shape index (κ3) is 4.67. The molecular formula is C21H23N3O3S. The Labute approximate surface area is 168 Å². The number of benzene rings is 1. The molecule has 0 aliphatic rings. The van der Waals surface area contributed by atoms with E-state index < -0.39 is 12.1 Å². The molecule has 0 aliphatic carbocycles. The Kier molecular flexibility index (Phi) is 6.26. The van der Waals surface area contributed by atoms with Crippen molar-refractivity contribution in [2.75, 3.05) is 0 Å². The number of carbonyl (C=O) groups is 2. The van der Waals surface area contributed by atoms with Gasteiger partial charge in [0.05, 0.1) is 24.3 Å². The molecule has 0 fully saturated rings. The van der Waals surface area contributed by atoms with Gasteiger partial charge in [-0.25, -0.2) is 4.68 Å². The molecule has 1 amide bonds. The smallest absolute Gasteiger partial charge is 0.311 e. The lowest BCUT2D eigenvalue weighted by atomic mass is 10.1. The normalized spacial score (nSPS) is 11.8. The summed E-state index contributed by atoms with van der Waals surface area (Å²) in [4.78, 5) is 25.6. The maximum Gasteiger partial charge on any atom is 0.311 e. The predicted molar refractivity (Wildman–Crippen MR) is 108 cm³/mol. The van der Waals surface area contributed by atoms with Crippen molar-refractivity contribution in [3.63, 3.8) is 0 Å². The Bertz CT molecular complexity index is 949. The highest BCUT2D eigenvalue weighted by atomic mass is 32.1. The van der Waals surface area contributed by atoms with E-state index in [-0.39, 0.29) is 12.3 Å². The predicted octanol–water partition coefficient (Wildman–Crippen LogP) is 3.34. The molecule has 7 heteroatoms. The maximum absolute atomic E-state index is 12.4. The summed E-state index contributed by atoms with van der Waals surface area (Å²) in [7, 11) is 0. The van der Waals surface area contributed by atoms with Crippen molar-refractivity contribution in [1.29, 1.82) is 0 Å². The first-order valence-electron chi connectivity index (χ1n) is 9.05. The quantitative estimate of drug-likeness (QED) is 0.621. The second kappa shape index (κ2) is 8.84. The lowest BCUT2D eigenvalue weighted by Crippen LogP contribution is -2.35. The number of nitrogens with zero attached hydrogens (tertiary/aromatic N) is 2. The molecular weight excluding hydrogens is 374 g/mol. The van der Waals surface area contributed by atoms with Crippen LogP contribution >= 0.6 is 11.3 Å². The molecule has 0 aliphatic heterocycles. The molecule has 0 saturated heterocycles. The van der Waals surface area contributed by atoms with Crippen molar-refractivity contribution in [3.8, 4) is 5.69 Å². The van der Waals surface area contributed by atoms with Crippen molar-refractivity contribution in [1.82, 2.24) is 15.1 Å². The van der Waals surface area contributed by atoms with Gasteiger partial charge in [0.1, 0.15) is 0 Å². The monoisotopic (exact) mass is 397 g/mol. The summed E-state index contributed by atoms with van der Waals surface area (Å²) in [5, 5.41) is 9.27. The van der Waals surface area contributed by atoms with E-state index in [1.807, 2.05) is 66.4 Å². The summed E-state index contributed by atoms with van der Waals surface area (Å²) in [6.45, 7) is 5.80. The van der Waals surface area contributed by atoms with Crippen LogP contribution in [0.1, 0.15) is 28.8 Å². The number of nitrogens with one attached hydrogen (secondary N) is 1. The van der Waals surface area contributed by atoms with Crippen molar-refractivity contribution in [2.45, 2.75) is 39.8 Å². The minimum Gasteiger partial charge on any atom is -0.452 e. The number of amides is 1. The summed E-state index contributed by atoms with van der Waals surface area (Å²) >= 11 is 1.56. The second-order valence-electron chi connectivity index (χ2n) is 6.50. The number of hydrogen-bond acceptors (Lipinski definition) is 5. The fourth-order valence-electron chi connectivity index (χ4n) is 2.92. The molecule has 2 heterocycles. The summed E-state index contributed by atoms with van der Waals surface area (Å²) in [6.07, 6.45) is -0.773. The van der Waals surface area contributed by atoms with E-state index >= 15 is 0 Å². The lowest BCUT2D eigenvalue weighted by molar-refractivity contribution is -0.154. The summed E-state index contributed by atoms with van der Waals surface area (Å²) in [5.41, 5.74) is 3.41. The number of rotatable bonds is 7. The first-order chi connectivity index (χ1) is 13.5. The zero-order valence-electron chi connectivity index (χ0n) is 16.1. The number of para-hydroxylation sites is 1. The van der Waals surface area contributed by atoms with Gasteiger partial charge in [-0.1, -0.05) is 24.3 Å². The third-order valence-electron chi connectivity index (χ3n) is 4.46. The molecule has 3 aromatic rings. The first kappa shape index (κ1) is 19.8. The Hall–Kier alpha value is -2.93. The van der Waals surface area contributed by atoms with Gasteiger partial charge in [-0.2, -0.15) is 5.10 Å². The Balaban J connectivity index is 1.60. The van der Waals surface area contributed by atoms with E-state index in [2.05, 4.69) is 10.4 Å². The van der Waals surface area contributed by atoms with Gasteiger partial charge in [0, 0.05) is 16.1 Å². The van der Waals surface area contributed by atoms with Gasteiger partial charge < -0.3 is 10.1 Å². The topological polar surface area (TPSA) is 73.2 Å². The maximum atomic E-state index is 12.4. The Morgan fingerprint density at radius 2 is 1.93 bits per heavy atom. The molecule has 1 aromatic carbocycles. The van der Waals surface area contributed by atoms with Crippen molar-refractivity contribution < 1.29 is 14.3 Å². The number of esters is 1. The molecule has 1 unspecified atom stereocenters. The Morgan fingerprint density at radius 1 is 1.18 bits per heavy atom. The summed E-state index contributed by atoms with van der Waals surface area (Å²) in [6, 6.07) is 13.6. The fourth-order valence-corrected chi connectivity index (χ4v) is 3.56. The van der Waals surface area contributed by atoms with Crippen molar-refractivity contribution in [2.24, 2.45) is 0 Å². The molecule has 0 saturated carbocycles. The van der Waals surface area contributed by atoms with E-state index in [4.69, 9.17) is 4.74 Å². The number of hydrogen-bond donors (Lipinski definition) is 1. The van der Waals surface area contributed by atoms with Crippen LogP contribution in [0.2, 0.25) is 0 Å². The highest BCUT2D eigenvalue weighted by Crippen LogP contribution is 2.19. The molecule has 1 N–H and O–H groups in total. The molecule has 0 bridgehead atoms. The van der Waals surface area contributed by atoms with Gasteiger partial charge in [-0.15, -0.1) is 11.3 Å². The van der Waals surface area contributed by atoms with E-state index in [1.165, 1.54) is 0 Å². The van der Waals surface area contributed by atoms with Crippen LogP contribution < -0.4 is 5.32 Å². The van der Waals surface area contributed by atoms with E-state index in [0.717, 1.165) is 27.5 Å². The number of carbonyl (C=O) groups excluding carboxylic acids is 2. The van der Waals surface area contributed by atoms with Crippen LogP contribution in [0, 0.1) is 13.8 Å². The van der Waals surface area contributed by atoms with Gasteiger partial charge in [-0.05, 0) is 44.4 Å². The number of aromatic nitrogens is 2. The summed E-state index contributed by atoms with van der Waals surface area (Å²) < 4.78 is 7.14. The zero-order valence-corrected chi connectivity index (χ0v) is 17.0. The highest BCUT2D eigenvalue weighted by Gasteiger charge is 2.21. The highest BCUT2D eigenvalue weighted by molar-refractivity contribution is 7.09. The zero-order chi connectivity index (χ0) is 20.1. The summed E-state index contributed by atoms with van der Waals surface area (Å²) in [5.74, 6) is -0.757. The van der Waals surface area contributed by atoms with Crippen molar-refractivity contribution >= 4 is 23.2 Å². The van der Waals surface area contributed by atoms with Gasteiger partial charge in [0.25, 0.3) is 5.91 Å². The minimum absolute atomic E-state index is 0.0764. The fraction of sp³-hybridized carbons (Fsp3) is 0.286. The minimum atomic E-state index is -0.850. The second-order valence-corrected chi connectivity index (χ2v) is 7.54. The van der Waals surface area contributed by atoms with Gasteiger partial charge in [0.2, 0.25) is 0 Å². The average molecular weight is 398 g/mol. The largest absolute Gasteiger partial charge is 0.452 e. The van der Waals surface area contributed by atoms with Crippen LogP contribution in [0.3, 0.4) is 0 Å². The van der Waals surface area contributed by atoms with Crippen LogP contribution in [0.25, 0.3) is 5.69 Å². The van der Waals surface area contributed by atoms with Gasteiger partial charge >= 0.3 is 5.97 Å². The Morgan fingerprint density at radius 3 is 2.61 bits per heavy atom. The molecule has 146 valence electrons. The van der Waals surface area contributed by atoms with E-state index in [9.17, 15) is 9.59 Å². The standard InChI is InChI=1S/C21H23N3O3S/c1-14-19(15(2)24(23-14)17-8-5-4-6-9-17)12-20(25)27-16(3)21(26)22-13-18-10-7-11-28-18/h4-11,16H,12-13H2,1-3H3,(H,22,26). The number of ether oxygens (including phenoxy) is 1. The van der Waals surface area contributed by atoms with E-state index in [0.29, 0.717) is 6.54 Å². The van der Waals surface area contributed by atoms with Crippen LogP contribution in [-0.2, 0) is 27.3 Å². The van der Waals surface area contributed by atoms with Crippen LogP contribution in [0.15, 0.2) is 47.8 Å². The SMILES string of the molecule is Cc1nn(-c2ccccc2)c(C)c1CC(=O)OC(C)C(=O)NCc1cccs1. The molecule has 2 aromatic heterocycles. The molecule has 0 spiro atoms. The third-order valence-corrected chi connectivity index (χ3v) is 5.33. The van der Waals surface area contributed by atoms with Gasteiger partial charge in [0.15, 0.2) is 6.10 Å². The van der Waals surface area contributed by atoms with Crippen LogP contribution in [-0.4, -0.2) is 27.8 Å². The number of thiophene rings is 1. The molecule has 3 rings (SSSR count).